The third-order valence-corrected chi connectivity index (χ3v) is 4.02. The largest absolute Gasteiger partial charge is 0.354 e. The first-order valence-corrected chi connectivity index (χ1v) is 7.92. The Kier molecular flexibility index (Phi) is 5.95. The zero-order chi connectivity index (χ0) is 15.9. The van der Waals surface area contributed by atoms with E-state index < -0.39 is 0 Å². The van der Waals surface area contributed by atoms with Crippen LogP contribution in [0.25, 0.3) is 0 Å². The van der Waals surface area contributed by atoms with Gasteiger partial charge in [0.25, 0.3) is 5.91 Å². The Morgan fingerprint density at radius 2 is 1.86 bits per heavy atom. The van der Waals surface area contributed by atoms with Crippen LogP contribution in [0.4, 0.5) is 0 Å². The topological polar surface area (TPSA) is 70.2 Å². The minimum absolute atomic E-state index is 0.0871. The van der Waals surface area contributed by atoms with E-state index in [2.05, 4.69) is 22.9 Å². The number of piperidine rings is 1. The van der Waals surface area contributed by atoms with Crippen LogP contribution < -0.4 is 16.0 Å². The summed E-state index contributed by atoms with van der Waals surface area (Å²) in [6.07, 6.45) is 1.76. The summed E-state index contributed by atoms with van der Waals surface area (Å²) in [5.41, 5.74) is 1.77. The molecule has 1 fully saturated rings. The lowest BCUT2D eigenvalue weighted by Crippen LogP contribution is -2.44. The fourth-order valence-electron chi connectivity index (χ4n) is 2.68. The molecule has 120 valence electrons. The molecule has 1 aliphatic rings. The molecule has 1 aromatic rings. The van der Waals surface area contributed by atoms with Gasteiger partial charge in [0.2, 0.25) is 5.91 Å². The van der Waals surface area contributed by atoms with E-state index in [0.29, 0.717) is 24.7 Å². The van der Waals surface area contributed by atoms with Gasteiger partial charge < -0.3 is 16.0 Å². The summed E-state index contributed by atoms with van der Waals surface area (Å²) in [4.78, 5) is 24.0. The van der Waals surface area contributed by atoms with Gasteiger partial charge in [0.1, 0.15) is 0 Å². The molecule has 5 nitrogen and oxygen atoms in total. The number of hydrogen-bond acceptors (Lipinski definition) is 3. The first-order valence-electron chi connectivity index (χ1n) is 7.92. The summed E-state index contributed by atoms with van der Waals surface area (Å²) in [5.74, 6) is 0.0757. The number of hydrogen-bond donors (Lipinski definition) is 3. The lowest BCUT2D eigenvalue weighted by Gasteiger charge is -2.27. The SMILES string of the molecule is Cc1ccc(C(=O)NCCNC(=O)[C@H]2CCN[C@@H](C)C2)cc1. The minimum atomic E-state index is -0.107. The van der Waals surface area contributed by atoms with E-state index in [1.165, 1.54) is 0 Å². The van der Waals surface area contributed by atoms with Crippen LogP contribution in [0.5, 0.6) is 0 Å². The smallest absolute Gasteiger partial charge is 0.251 e. The Balaban J connectivity index is 1.67. The molecule has 1 saturated heterocycles. The van der Waals surface area contributed by atoms with Gasteiger partial charge in [-0.1, -0.05) is 17.7 Å². The van der Waals surface area contributed by atoms with E-state index >= 15 is 0 Å². The number of carbonyl (C=O) groups excluding carboxylic acids is 2. The van der Waals surface area contributed by atoms with Crippen molar-refractivity contribution < 1.29 is 9.59 Å². The highest BCUT2D eigenvalue weighted by atomic mass is 16.2. The van der Waals surface area contributed by atoms with Crippen LogP contribution in [0, 0.1) is 12.8 Å². The van der Waals surface area contributed by atoms with E-state index in [0.717, 1.165) is 24.9 Å². The van der Waals surface area contributed by atoms with Gasteiger partial charge in [-0.2, -0.15) is 0 Å². The first kappa shape index (κ1) is 16.5. The Morgan fingerprint density at radius 3 is 2.55 bits per heavy atom. The van der Waals surface area contributed by atoms with Crippen molar-refractivity contribution in [3.8, 4) is 0 Å². The van der Waals surface area contributed by atoms with E-state index in [4.69, 9.17) is 0 Å². The predicted molar refractivity (Wildman–Crippen MR) is 86.7 cm³/mol. The lowest BCUT2D eigenvalue weighted by atomic mass is 9.92. The number of aryl methyl sites for hydroxylation is 1. The monoisotopic (exact) mass is 303 g/mol. The molecule has 1 aromatic carbocycles. The summed E-state index contributed by atoms with van der Waals surface area (Å²) >= 11 is 0. The number of carbonyl (C=O) groups is 2. The fraction of sp³-hybridized carbons (Fsp3) is 0.529. The highest BCUT2D eigenvalue weighted by Gasteiger charge is 2.24. The average Bonchev–Trinajstić information content (AvgIpc) is 2.51. The van der Waals surface area contributed by atoms with Crippen molar-refractivity contribution in [1.82, 2.24) is 16.0 Å². The first-order chi connectivity index (χ1) is 10.6. The number of amides is 2. The van der Waals surface area contributed by atoms with E-state index in [1.54, 1.807) is 12.1 Å². The Bertz CT molecular complexity index is 513. The third kappa shape index (κ3) is 4.84. The Morgan fingerprint density at radius 1 is 1.18 bits per heavy atom. The van der Waals surface area contributed by atoms with Gasteiger partial charge in [-0.05, 0) is 45.4 Å². The van der Waals surface area contributed by atoms with E-state index in [1.807, 2.05) is 19.1 Å². The summed E-state index contributed by atoms with van der Waals surface area (Å²) in [7, 11) is 0. The van der Waals surface area contributed by atoms with Crippen molar-refractivity contribution in [3.63, 3.8) is 0 Å². The zero-order valence-corrected chi connectivity index (χ0v) is 13.3. The molecule has 0 unspecified atom stereocenters. The summed E-state index contributed by atoms with van der Waals surface area (Å²) < 4.78 is 0. The van der Waals surface area contributed by atoms with Crippen LogP contribution in [0.2, 0.25) is 0 Å². The van der Waals surface area contributed by atoms with Gasteiger partial charge >= 0.3 is 0 Å². The van der Waals surface area contributed by atoms with Gasteiger partial charge in [0.15, 0.2) is 0 Å². The molecule has 0 saturated carbocycles. The van der Waals surface area contributed by atoms with Crippen molar-refractivity contribution in [2.75, 3.05) is 19.6 Å². The molecular weight excluding hydrogens is 278 g/mol. The van der Waals surface area contributed by atoms with Crippen LogP contribution in [0.15, 0.2) is 24.3 Å². The van der Waals surface area contributed by atoms with Crippen molar-refractivity contribution >= 4 is 11.8 Å². The normalized spacial score (nSPS) is 21.2. The third-order valence-electron chi connectivity index (χ3n) is 4.02. The molecular formula is C17H25N3O2. The maximum absolute atomic E-state index is 12.0. The molecule has 5 heteroatoms. The van der Waals surface area contributed by atoms with Gasteiger partial charge in [-0.3, -0.25) is 9.59 Å². The maximum Gasteiger partial charge on any atom is 0.251 e. The van der Waals surface area contributed by atoms with E-state index in [9.17, 15) is 9.59 Å². The molecule has 2 atom stereocenters. The molecule has 22 heavy (non-hydrogen) atoms. The Labute approximate surface area is 131 Å². The van der Waals surface area contributed by atoms with Crippen LogP contribution in [-0.2, 0) is 4.79 Å². The van der Waals surface area contributed by atoms with Crippen molar-refractivity contribution in [3.05, 3.63) is 35.4 Å². The highest BCUT2D eigenvalue weighted by Crippen LogP contribution is 2.15. The lowest BCUT2D eigenvalue weighted by molar-refractivity contribution is -0.126. The number of rotatable bonds is 5. The van der Waals surface area contributed by atoms with Crippen molar-refractivity contribution in [2.45, 2.75) is 32.7 Å². The molecule has 0 aliphatic carbocycles. The molecule has 2 amide bonds. The number of nitrogens with one attached hydrogen (secondary N) is 3. The second kappa shape index (κ2) is 7.94. The fourth-order valence-corrected chi connectivity index (χ4v) is 2.68. The zero-order valence-electron chi connectivity index (χ0n) is 13.3. The number of benzene rings is 1. The summed E-state index contributed by atoms with van der Waals surface area (Å²) in [6, 6.07) is 7.83. The van der Waals surface area contributed by atoms with Crippen LogP contribution in [-0.4, -0.2) is 37.5 Å². The van der Waals surface area contributed by atoms with Crippen molar-refractivity contribution in [1.29, 1.82) is 0 Å². The second-order valence-electron chi connectivity index (χ2n) is 5.99. The Hall–Kier alpha value is -1.88. The molecule has 0 spiro atoms. The molecule has 3 N–H and O–H groups in total. The van der Waals surface area contributed by atoms with Gasteiger partial charge in [0.05, 0.1) is 0 Å². The van der Waals surface area contributed by atoms with Crippen LogP contribution >= 0.6 is 0 Å². The predicted octanol–water partition coefficient (Wildman–Crippen LogP) is 1.23. The van der Waals surface area contributed by atoms with Gasteiger partial charge in [-0.15, -0.1) is 0 Å². The average molecular weight is 303 g/mol. The van der Waals surface area contributed by atoms with Gasteiger partial charge in [0, 0.05) is 30.6 Å². The summed E-state index contributed by atoms with van der Waals surface area (Å²) in [6.45, 7) is 5.89. The summed E-state index contributed by atoms with van der Waals surface area (Å²) in [5, 5.41) is 9.06. The standard InChI is InChI=1S/C17H25N3O2/c1-12-3-5-14(6-4-12)16(21)19-9-10-20-17(22)15-7-8-18-13(2)11-15/h3-6,13,15,18H,7-11H2,1-2H3,(H,19,21)(H,20,22)/t13-,15-/m0/s1. The van der Waals surface area contributed by atoms with Crippen LogP contribution in [0.1, 0.15) is 35.7 Å². The molecule has 1 heterocycles. The quantitative estimate of drug-likeness (QED) is 0.717. The molecule has 0 bridgehead atoms. The molecule has 2 rings (SSSR count). The minimum Gasteiger partial charge on any atom is -0.354 e. The van der Waals surface area contributed by atoms with E-state index in [-0.39, 0.29) is 17.7 Å². The molecule has 0 radical (unpaired) electrons. The van der Waals surface area contributed by atoms with Gasteiger partial charge in [-0.25, -0.2) is 0 Å². The maximum atomic E-state index is 12.0. The van der Waals surface area contributed by atoms with Crippen LogP contribution in [0.3, 0.4) is 0 Å². The highest BCUT2D eigenvalue weighted by molar-refractivity contribution is 5.94. The molecule has 1 aliphatic heterocycles. The second-order valence-corrected chi connectivity index (χ2v) is 5.99. The van der Waals surface area contributed by atoms with Crippen molar-refractivity contribution in [2.24, 2.45) is 5.92 Å². The molecule has 0 aromatic heterocycles.